The summed E-state index contributed by atoms with van der Waals surface area (Å²) in [6, 6.07) is 5.71. The number of guanidine groups is 1. The van der Waals surface area contributed by atoms with Gasteiger partial charge in [0.25, 0.3) is 0 Å². The van der Waals surface area contributed by atoms with E-state index in [4.69, 9.17) is 4.74 Å². The first-order chi connectivity index (χ1) is 13.9. The minimum atomic E-state index is -0.157. The van der Waals surface area contributed by atoms with Gasteiger partial charge in [-0.3, -0.25) is 4.99 Å². The Morgan fingerprint density at radius 1 is 1.30 bits per heavy atom. The molecule has 0 radical (unpaired) electrons. The van der Waals surface area contributed by atoms with E-state index in [0.29, 0.717) is 30.8 Å². The summed E-state index contributed by atoms with van der Waals surface area (Å²) >= 11 is 0. The SMILES string of the molecule is CN=C(NCc1ccc(F)c(CN(C)C)c1)NC1CCN(CCOC(C)C)CC1.I. The fourth-order valence-corrected chi connectivity index (χ4v) is 3.49. The lowest BCUT2D eigenvalue weighted by Crippen LogP contribution is -2.49. The van der Waals surface area contributed by atoms with Crippen LogP contribution in [0.4, 0.5) is 4.39 Å². The van der Waals surface area contributed by atoms with Crippen molar-refractivity contribution in [2.24, 2.45) is 4.99 Å². The molecule has 0 amide bonds. The third-order valence-electron chi connectivity index (χ3n) is 5.07. The van der Waals surface area contributed by atoms with Gasteiger partial charge in [0.2, 0.25) is 0 Å². The lowest BCUT2D eigenvalue weighted by molar-refractivity contribution is 0.0532. The number of rotatable bonds is 9. The highest BCUT2D eigenvalue weighted by atomic mass is 127. The van der Waals surface area contributed by atoms with Crippen molar-refractivity contribution in [1.29, 1.82) is 0 Å². The maximum Gasteiger partial charge on any atom is 0.191 e. The molecule has 1 aromatic rings. The van der Waals surface area contributed by atoms with E-state index in [1.165, 1.54) is 0 Å². The van der Waals surface area contributed by atoms with Crippen LogP contribution >= 0.6 is 24.0 Å². The predicted molar refractivity (Wildman–Crippen MR) is 133 cm³/mol. The van der Waals surface area contributed by atoms with Crippen LogP contribution < -0.4 is 10.6 Å². The standard InChI is InChI=1S/C22H38FN5O.HI/c1-17(2)29-13-12-28-10-8-20(9-11-28)26-22(24-3)25-15-18-6-7-21(23)19(14-18)16-27(4)5;/h6-7,14,17,20H,8-13,15-16H2,1-5H3,(H2,24,25,26);1H. The lowest BCUT2D eigenvalue weighted by atomic mass is 10.1. The van der Waals surface area contributed by atoms with Crippen LogP contribution in [0.15, 0.2) is 23.2 Å². The Bertz CT molecular complexity index is 648. The molecule has 1 saturated heterocycles. The van der Waals surface area contributed by atoms with E-state index in [1.54, 1.807) is 13.1 Å². The number of hydrogen-bond donors (Lipinski definition) is 2. The van der Waals surface area contributed by atoms with E-state index in [0.717, 1.165) is 50.6 Å². The number of hydrogen-bond acceptors (Lipinski definition) is 4. The predicted octanol–water partition coefficient (Wildman–Crippen LogP) is 3.06. The number of likely N-dealkylation sites (tertiary alicyclic amines) is 1. The zero-order chi connectivity index (χ0) is 21.2. The van der Waals surface area contributed by atoms with Crippen LogP contribution in [-0.4, -0.2) is 75.3 Å². The van der Waals surface area contributed by atoms with Crippen LogP contribution in [0.2, 0.25) is 0 Å². The van der Waals surface area contributed by atoms with Gasteiger partial charge in [-0.1, -0.05) is 6.07 Å². The molecular formula is C22H39FIN5O. The number of benzene rings is 1. The molecule has 0 bridgehead atoms. The van der Waals surface area contributed by atoms with Crippen molar-refractivity contribution < 1.29 is 9.13 Å². The first-order valence-electron chi connectivity index (χ1n) is 10.6. The molecule has 0 aliphatic carbocycles. The molecule has 1 aliphatic heterocycles. The highest BCUT2D eigenvalue weighted by Gasteiger charge is 2.19. The van der Waals surface area contributed by atoms with E-state index in [1.807, 2.05) is 31.1 Å². The molecule has 8 heteroatoms. The van der Waals surface area contributed by atoms with Crippen LogP contribution in [0.25, 0.3) is 0 Å². The molecule has 172 valence electrons. The molecule has 6 nitrogen and oxygen atoms in total. The third-order valence-corrected chi connectivity index (χ3v) is 5.07. The number of halogens is 2. The number of aliphatic imine (C=N–C) groups is 1. The summed E-state index contributed by atoms with van der Waals surface area (Å²) < 4.78 is 19.6. The molecule has 0 spiro atoms. The van der Waals surface area contributed by atoms with Gasteiger partial charge >= 0.3 is 0 Å². The summed E-state index contributed by atoms with van der Waals surface area (Å²) in [4.78, 5) is 8.78. The van der Waals surface area contributed by atoms with Crippen molar-refractivity contribution >= 4 is 29.9 Å². The second-order valence-corrected chi connectivity index (χ2v) is 8.27. The summed E-state index contributed by atoms with van der Waals surface area (Å²) in [6.07, 6.45) is 2.47. The summed E-state index contributed by atoms with van der Waals surface area (Å²) in [5.41, 5.74) is 1.76. The van der Waals surface area contributed by atoms with Gasteiger partial charge in [0.05, 0.1) is 12.7 Å². The van der Waals surface area contributed by atoms with Gasteiger partial charge in [0.1, 0.15) is 5.82 Å². The Hall–Kier alpha value is -0.970. The molecule has 0 unspecified atom stereocenters. The molecule has 0 atom stereocenters. The molecule has 1 fully saturated rings. The van der Waals surface area contributed by atoms with E-state index in [2.05, 4.69) is 34.4 Å². The number of piperidine rings is 1. The minimum Gasteiger partial charge on any atom is -0.377 e. The number of ether oxygens (including phenoxy) is 1. The smallest absolute Gasteiger partial charge is 0.191 e. The Morgan fingerprint density at radius 3 is 2.60 bits per heavy atom. The first-order valence-corrected chi connectivity index (χ1v) is 10.6. The largest absolute Gasteiger partial charge is 0.377 e. The van der Waals surface area contributed by atoms with Crippen molar-refractivity contribution in [2.45, 2.75) is 51.9 Å². The van der Waals surface area contributed by atoms with Crippen LogP contribution in [-0.2, 0) is 17.8 Å². The van der Waals surface area contributed by atoms with E-state index in [-0.39, 0.29) is 29.8 Å². The Kier molecular flexibility index (Phi) is 12.8. The number of nitrogens with zero attached hydrogens (tertiary/aromatic N) is 3. The minimum absolute atomic E-state index is 0. The molecule has 2 rings (SSSR count). The summed E-state index contributed by atoms with van der Waals surface area (Å²) in [6.45, 7) is 9.29. The summed E-state index contributed by atoms with van der Waals surface area (Å²) in [5, 5.41) is 6.89. The van der Waals surface area contributed by atoms with Crippen LogP contribution in [0, 0.1) is 5.82 Å². The fourth-order valence-electron chi connectivity index (χ4n) is 3.49. The van der Waals surface area contributed by atoms with Crippen molar-refractivity contribution in [3.8, 4) is 0 Å². The average Bonchev–Trinajstić information content (AvgIpc) is 2.68. The molecule has 0 saturated carbocycles. The normalized spacial score (nSPS) is 16.1. The van der Waals surface area contributed by atoms with Crippen molar-refractivity contribution in [3.63, 3.8) is 0 Å². The Labute approximate surface area is 198 Å². The highest BCUT2D eigenvalue weighted by molar-refractivity contribution is 14.0. The summed E-state index contributed by atoms with van der Waals surface area (Å²) in [7, 11) is 5.67. The fraction of sp³-hybridized carbons (Fsp3) is 0.682. The van der Waals surface area contributed by atoms with Crippen molar-refractivity contribution in [3.05, 3.63) is 35.1 Å². The highest BCUT2D eigenvalue weighted by Crippen LogP contribution is 2.13. The van der Waals surface area contributed by atoms with Gasteiger partial charge in [-0.2, -0.15) is 0 Å². The molecule has 30 heavy (non-hydrogen) atoms. The molecule has 1 aliphatic rings. The third kappa shape index (κ3) is 9.89. The van der Waals surface area contributed by atoms with Gasteiger partial charge in [0, 0.05) is 51.4 Å². The molecule has 1 heterocycles. The van der Waals surface area contributed by atoms with Crippen LogP contribution in [0.1, 0.15) is 37.8 Å². The van der Waals surface area contributed by atoms with E-state index < -0.39 is 0 Å². The first kappa shape index (κ1) is 27.1. The van der Waals surface area contributed by atoms with Gasteiger partial charge in [-0.15, -0.1) is 24.0 Å². The molecule has 0 aromatic heterocycles. The van der Waals surface area contributed by atoms with Gasteiger partial charge in [-0.05, 0) is 58.5 Å². The van der Waals surface area contributed by atoms with Gasteiger partial charge < -0.3 is 25.2 Å². The number of nitrogens with one attached hydrogen (secondary N) is 2. The zero-order valence-corrected chi connectivity index (χ0v) is 21.4. The molecule has 2 N–H and O–H groups in total. The molecule has 1 aromatic carbocycles. The lowest BCUT2D eigenvalue weighted by Gasteiger charge is -2.33. The van der Waals surface area contributed by atoms with Crippen molar-refractivity contribution in [1.82, 2.24) is 20.4 Å². The van der Waals surface area contributed by atoms with E-state index in [9.17, 15) is 4.39 Å². The second kappa shape index (κ2) is 14.2. The maximum atomic E-state index is 14.0. The topological polar surface area (TPSA) is 52.1 Å². The second-order valence-electron chi connectivity index (χ2n) is 8.27. The quantitative estimate of drug-likeness (QED) is 0.289. The monoisotopic (exact) mass is 535 g/mol. The van der Waals surface area contributed by atoms with Crippen LogP contribution in [0.3, 0.4) is 0 Å². The van der Waals surface area contributed by atoms with E-state index >= 15 is 0 Å². The Balaban J connectivity index is 0.00000450. The van der Waals surface area contributed by atoms with Crippen LogP contribution in [0.5, 0.6) is 0 Å². The average molecular weight is 535 g/mol. The maximum absolute atomic E-state index is 14.0. The Morgan fingerprint density at radius 2 is 2.00 bits per heavy atom. The van der Waals surface area contributed by atoms with Gasteiger partial charge in [-0.25, -0.2) is 4.39 Å². The zero-order valence-electron chi connectivity index (χ0n) is 19.1. The van der Waals surface area contributed by atoms with Crippen molar-refractivity contribution in [2.75, 3.05) is 47.4 Å². The molecular weight excluding hydrogens is 496 g/mol. The van der Waals surface area contributed by atoms with Gasteiger partial charge in [0.15, 0.2) is 5.96 Å². The summed E-state index contributed by atoms with van der Waals surface area (Å²) in [5.74, 6) is 0.639.